The quantitative estimate of drug-likeness (QED) is 0.236. The summed E-state index contributed by atoms with van der Waals surface area (Å²) in [4.78, 5) is 6.61. The average Bonchev–Trinajstić information content (AvgIpc) is 3.20. The van der Waals surface area contributed by atoms with Crippen LogP contribution in [0, 0.1) is 0 Å². The van der Waals surface area contributed by atoms with Gasteiger partial charge in [0, 0.05) is 23.8 Å². The molecule has 2 N–H and O–H groups in total. The molecule has 0 radical (unpaired) electrons. The lowest BCUT2D eigenvalue weighted by Gasteiger charge is -2.22. The van der Waals surface area contributed by atoms with Gasteiger partial charge in [-0.1, -0.05) is 95.2 Å². The van der Waals surface area contributed by atoms with Crippen molar-refractivity contribution in [1.82, 2.24) is 10.2 Å². The highest BCUT2D eigenvalue weighted by atomic mass is 35.5. The summed E-state index contributed by atoms with van der Waals surface area (Å²) in [6.45, 7) is 4.82. The maximum absolute atomic E-state index is 6.05. The van der Waals surface area contributed by atoms with Crippen LogP contribution in [0.5, 0.6) is 0 Å². The Hall–Kier alpha value is -1.33. The molecule has 1 aliphatic heterocycles. The molecule has 0 aromatic heterocycles. The number of unbranched alkanes of at least 4 members (excludes halogenated alkanes) is 11. The van der Waals surface area contributed by atoms with E-state index in [2.05, 4.69) is 22.5 Å². The van der Waals surface area contributed by atoms with Crippen LogP contribution in [0.15, 0.2) is 29.3 Å². The van der Waals surface area contributed by atoms with E-state index in [0.29, 0.717) is 10.1 Å². The van der Waals surface area contributed by atoms with E-state index in [1.807, 2.05) is 29.2 Å². The molecule has 1 aromatic rings. The summed E-state index contributed by atoms with van der Waals surface area (Å²) in [6.07, 6.45) is 16.4. The van der Waals surface area contributed by atoms with Gasteiger partial charge in [-0.25, -0.2) is 0 Å². The lowest BCUT2D eigenvalue weighted by atomic mass is 10.1. The van der Waals surface area contributed by atoms with E-state index in [-0.39, 0.29) is 0 Å². The summed E-state index contributed by atoms with van der Waals surface area (Å²) in [7, 11) is 0. The topological polar surface area (TPSA) is 39.7 Å². The molecule has 0 saturated heterocycles. The molecule has 4 nitrogen and oxygen atoms in total. The third-order valence-electron chi connectivity index (χ3n) is 5.48. The molecule has 0 atom stereocenters. The van der Waals surface area contributed by atoms with Gasteiger partial charge >= 0.3 is 0 Å². The monoisotopic (exact) mass is 450 g/mol. The first-order chi connectivity index (χ1) is 14.7. The summed E-state index contributed by atoms with van der Waals surface area (Å²) >= 11 is 11.6. The molecule has 30 heavy (non-hydrogen) atoms. The minimum absolute atomic E-state index is 0.663. The Kier molecular flexibility index (Phi) is 12.9. The molecule has 2 rings (SSSR count). The Labute approximate surface area is 193 Å². The van der Waals surface area contributed by atoms with Crippen molar-refractivity contribution in [2.45, 2.75) is 84.0 Å². The fourth-order valence-electron chi connectivity index (χ4n) is 3.72. The number of rotatable bonds is 14. The first-order valence-corrected chi connectivity index (χ1v) is 12.6. The largest absolute Gasteiger partial charge is 0.356 e. The number of hydrogen-bond donors (Lipinski definition) is 2. The van der Waals surface area contributed by atoms with Crippen molar-refractivity contribution in [3.63, 3.8) is 0 Å². The molecule has 0 aliphatic carbocycles. The van der Waals surface area contributed by atoms with Gasteiger partial charge in [0.25, 0.3) is 0 Å². The number of nitrogens with zero attached hydrogens (tertiary/aromatic N) is 2. The predicted octanol–water partition coefficient (Wildman–Crippen LogP) is 7.00. The Balaban J connectivity index is 1.50. The van der Waals surface area contributed by atoms with E-state index in [0.717, 1.165) is 31.3 Å². The number of guanidine groups is 1. The number of nitrogens with one attached hydrogen (secondary N) is 2. The van der Waals surface area contributed by atoms with Crippen LogP contribution < -0.4 is 10.6 Å². The van der Waals surface area contributed by atoms with Gasteiger partial charge in [0.05, 0.1) is 6.54 Å². The second-order valence-electron chi connectivity index (χ2n) is 8.11. The van der Waals surface area contributed by atoms with Gasteiger partial charge in [-0.05, 0) is 36.8 Å². The van der Waals surface area contributed by atoms with E-state index in [1.165, 1.54) is 77.0 Å². The van der Waals surface area contributed by atoms with Crippen molar-refractivity contribution >= 4 is 40.6 Å². The molecule has 0 fully saturated rings. The molecule has 0 spiro atoms. The number of benzene rings is 1. The molecule has 168 valence electrons. The summed E-state index contributed by atoms with van der Waals surface area (Å²) in [5.41, 5.74) is 0.903. The molecule has 0 amide bonds. The molecule has 1 aliphatic rings. The van der Waals surface area contributed by atoms with Crippen molar-refractivity contribution in [3.8, 4) is 0 Å². The summed E-state index contributed by atoms with van der Waals surface area (Å²) in [5, 5.41) is 8.08. The van der Waals surface area contributed by atoms with Crippen LogP contribution >= 0.6 is 23.8 Å². The van der Waals surface area contributed by atoms with Gasteiger partial charge in [-0.15, -0.1) is 0 Å². The van der Waals surface area contributed by atoms with E-state index in [4.69, 9.17) is 23.8 Å². The molecule has 0 bridgehead atoms. The average molecular weight is 451 g/mol. The lowest BCUT2D eigenvalue weighted by Crippen LogP contribution is -2.44. The zero-order valence-electron chi connectivity index (χ0n) is 18.6. The van der Waals surface area contributed by atoms with Crippen LogP contribution in [0.2, 0.25) is 5.02 Å². The number of hydrogen-bond acceptors (Lipinski definition) is 3. The van der Waals surface area contributed by atoms with E-state index in [1.54, 1.807) is 0 Å². The summed E-state index contributed by atoms with van der Waals surface area (Å²) in [5.74, 6) is 0.887. The van der Waals surface area contributed by atoms with Gasteiger partial charge in [0.2, 0.25) is 0 Å². The fraction of sp³-hybridized carbons (Fsp3) is 0.667. The standard InChI is InChI=1S/C24H39ClN4S/c1-2-3-4-5-6-7-8-9-10-11-12-13-17-26-23-27-18-19-29(23)24(30)28-22-16-14-15-21(25)20-22/h14-16,20H,2-13,17-19H2,1H3,(H,26,27)(H,28,30). The smallest absolute Gasteiger partial charge is 0.200 e. The maximum atomic E-state index is 6.05. The van der Waals surface area contributed by atoms with Crippen LogP contribution in [0.4, 0.5) is 5.69 Å². The molecule has 1 aromatic carbocycles. The summed E-state index contributed by atoms with van der Waals surface area (Å²) in [6, 6.07) is 7.61. The third kappa shape index (κ3) is 10.1. The van der Waals surface area contributed by atoms with Gasteiger partial charge in [-0.3, -0.25) is 9.89 Å². The maximum Gasteiger partial charge on any atom is 0.200 e. The van der Waals surface area contributed by atoms with Gasteiger partial charge in [0.15, 0.2) is 11.1 Å². The predicted molar refractivity (Wildman–Crippen MR) is 136 cm³/mol. The highest BCUT2D eigenvalue weighted by Crippen LogP contribution is 2.16. The zero-order valence-corrected chi connectivity index (χ0v) is 20.2. The van der Waals surface area contributed by atoms with E-state index in [9.17, 15) is 0 Å². The molecule has 1 heterocycles. The van der Waals surface area contributed by atoms with Crippen molar-refractivity contribution in [2.75, 3.05) is 25.0 Å². The number of anilines is 1. The van der Waals surface area contributed by atoms with Crippen molar-refractivity contribution < 1.29 is 0 Å². The second kappa shape index (κ2) is 15.5. The normalized spacial score (nSPS) is 13.4. The number of halogens is 1. The first kappa shape index (κ1) is 24.9. The highest BCUT2D eigenvalue weighted by Gasteiger charge is 2.20. The van der Waals surface area contributed by atoms with Gasteiger partial charge in [-0.2, -0.15) is 0 Å². The van der Waals surface area contributed by atoms with Crippen molar-refractivity contribution in [2.24, 2.45) is 4.99 Å². The molecular weight excluding hydrogens is 412 g/mol. The van der Waals surface area contributed by atoms with Crippen LogP contribution in [0.3, 0.4) is 0 Å². The Bertz CT molecular complexity index is 650. The zero-order chi connectivity index (χ0) is 21.4. The number of thiocarbonyl (C=S) groups is 1. The third-order valence-corrected chi connectivity index (χ3v) is 6.03. The SMILES string of the molecule is CCCCCCCCCCCCCCNC1=NCCN1C(=S)Nc1cccc(Cl)c1. The lowest BCUT2D eigenvalue weighted by molar-refractivity contribution is 0.541. The first-order valence-electron chi connectivity index (χ1n) is 11.8. The molecule has 0 saturated carbocycles. The van der Waals surface area contributed by atoms with Crippen LogP contribution in [0.25, 0.3) is 0 Å². The van der Waals surface area contributed by atoms with E-state index < -0.39 is 0 Å². The van der Waals surface area contributed by atoms with Crippen LogP contribution in [0.1, 0.15) is 84.0 Å². The highest BCUT2D eigenvalue weighted by molar-refractivity contribution is 7.80. The van der Waals surface area contributed by atoms with Crippen molar-refractivity contribution in [1.29, 1.82) is 0 Å². The van der Waals surface area contributed by atoms with Gasteiger partial charge in [0.1, 0.15) is 0 Å². The minimum atomic E-state index is 0.663. The van der Waals surface area contributed by atoms with Gasteiger partial charge < -0.3 is 10.6 Å². The van der Waals surface area contributed by atoms with E-state index >= 15 is 0 Å². The Morgan fingerprint density at radius 3 is 2.27 bits per heavy atom. The summed E-state index contributed by atoms with van der Waals surface area (Å²) < 4.78 is 0. The minimum Gasteiger partial charge on any atom is -0.356 e. The molecular formula is C24H39ClN4S. The fourth-order valence-corrected chi connectivity index (χ4v) is 4.21. The number of aliphatic imine (C=N–C) groups is 1. The van der Waals surface area contributed by atoms with Crippen LogP contribution in [-0.2, 0) is 0 Å². The Morgan fingerprint density at radius 1 is 1.00 bits per heavy atom. The molecule has 6 heteroatoms. The van der Waals surface area contributed by atoms with Crippen molar-refractivity contribution in [3.05, 3.63) is 29.3 Å². The van der Waals surface area contributed by atoms with Crippen LogP contribution in [-0.4, -0.2) is 35.6 Å². The molecule has 0 unspecified atom stereocenters. The Morgan fingerprint density at radius 2 is 1.63 bits per heavy atom. The second-order valence-corrected chi connectivity index (χ2v) is 8.94.